The minimum Gasteiger partial charge on any atom is -0.405 e. The summed E-state index contributed by atoms with van der Waals surface area (Å²) in [5.74, 6) is 0. The Balaban J connectivity index is 2.20. The van der Waals surface area contributed by atoms with E-state index in [1.54, 1.807) is 6.08 Å². The molecule has 2 saturated heterocycles. The lowest BCUT2D eigenvalue weighted by atomic mass is 9.49. The molecular formula is C14H24B2O4. The molecule has 0 aromatic heterocycles. The molecule has 2 fully saturated rings. The monoisotopic (exact) mass is 278 g/mol. The first-order valence-corrected chi connectivity index (χ1v) is 7.02. The van der Waals surface area contributed by atoms with E-state index in [2.05, 4.69) is 12.3 Å². The summed E-state index contributed by atoms with van der Waals surface area (Å²) in [6, 6.07) is 0. The van der Waals surface area contributed by atoms with Crippen molar-refractivity contribution in [3.05, 3.63) is 18.4 Å². The summed E-state index contributed by atoms with van der Waals surface area (Å²) in [5.41, 5.74) is 0.870. The lowest BCUT2D eigenvalue weighted by Crippen LogP contribution is -2.42. The lowest BCUT2D eigenvalue weighted by Gasteiger charge is -2.32. The zero-order chi connectivity index (χ0) is 15.4. The highest BCUT2D eigenvalue weighted by Crippen LogP contribution is 2.43. The molecule has 2 aliphatic heterocycles. The molecule has 0 aromatic carbocycles. The fourth-order valence-corrected chi connectivity index (χ4v) is 2.33. The van der Waals surface area contributed by atoms with Gasteiger partial charge < -0.3 is 18.6 Å². The van der Waals surface area contributed by atoms with Crippen molar-refractivity contribution in [1.82, 2.24) is 0 Å². The van der Waals surface area contributed by atoms with Gasteiger partial charge >= 0.3 is 14.0 Å². The maximum absolute atomic E-state index is 6.04. The third kappa shape index (κ3) is 2.30. The molecule has 0 N–H and O–H groups in total. The van der Waals surface area contributed by atoms with Crippen LogP contribution in [0.15, 0.2) is 18.4 Å². The smallest absolute Gasteiger partial charge is 0.405 e. The molecule has 4 nitrogen and oxygen atoms in total. The van der Waals surface area contributed by atoms with E-state index in [0.29, 0.717) is 0 Å². The molecule has 1 unspecified atom stereocenters. The van der Waals surface area contributed by atoms with Crippen LogP contribution in [-0.2, 0) is 18.6 Å². The lowest BCUT2D eigenvalue weighted by molar-refractivity contribution is 0.00578. The van der Waals surface area contributed by atoms with E-state index >= 15 is 0 Å². The number of hydrogen-bond acceptors (Lipinski definition) is 4. The summed E-state index contributed by atoms with van der Waals surface area (Å²) in [6.07, 6.45) is 1.79. The van der Waals surface area contributed by atoms with Gasteiger partial charge in [0.15, 0.2) is 0 Å². The average molecular weight is 278 g/mol. The Labute approximate surface area is 122 Å². The standard InChI is InChI=1S/C14H24B2O4/c1-9-10-14(8)13(6,7)19-16(20-14)15-17-11(2,3)12(4,5)18-15/h10H,1H2,2-8H3. The normalized spacial score (nSPS) is 34.1. The van der Waals surface area contributed by atoms with Crippen LogP contribution in [0.1, 0.15) is 48.5 Å². The maximum atomic E-state index is 6.04. The number of hydrogen-bond donors (Lipinski definition) is 0. The van der Waals surface area contributed by atoms with E-state index in [1.165, 1.54) is 0 Å². The summed E-state index contributed by atoms with van der Waals surface area (Å²) in [6.45, 7) is 17.6. The summed E-state index contributed by atoms with van der Waals surface area (Å²) in [4.78, 5) is 0. The molecule has 0 bridgehead atoms. The Bertz CT molecular complexity index is 438. The highest BCUT2D eigenvalue weighted by Gasteiger charge is 2.64. The average Bonchev–Trinajstić information content (AvgIpc) is 2.60. The Morgan fingerprint density at radius 2 is 1.15 bits per heavy atom. The van der Waals surface area contributed by atoms with E-state index in [0.717, 1.165) is 0 Å². The van der Waals surface area contributed by atoms with Crippen molar-refractivity contribution in [2.45, 2.75) is 70.9 Å². The van der Waals surface area contributed by atoms with Gasteiger partial charge in [-0.05, 0) is 54.5 Å². The molecule has 110 valence electrons. The zero-order valence-corrected chi connectivity index (χ0v) is 13.6. The van der Waals surface area contributed by atoms with Crippen molar-refractivity contribution in [3.8, 4) is 0 Å². The Kier molecular flexibility index (Phi) is 3.56. The van der Waals surface area contributed by atoms with Crippen LogP contribution in [0.4, 0.5) is 0 Å². The van der Waals surface area contributed by atoms with Gasteiger partial charge in [-0.1, -0.05) is 6.58 Å². The third-order valence-corrected chi connectivity index (χ3v) is 4.84. The van der Waals surface area contributed by atoms with Crippen molar-refractivity contribution in [2.24, 2.45) is 0 Å². The van der Waals surface area contributed by atoms with Gasteiger partial charge in [0.1, 0.15) is 5.60 Å². The van der Waals surface area contributed by atoms with Crippen LogP contribution in [0.25, 0.3) is 0 Å². The minimum atomic E-state index is -0.608. The summed E-state index contributed by atoms with van der Waals surface area (Å²) < 4.78 is 24.0. The van der Waals surface area contributed by atoms with Gasteiger partial charge in [0.25, 0.3) is 0 Å². The SMILES string of the molecule is C=C=CC1(C)OB(B2OC(C)(C)C(C)(C)O2)OC1(C)C. The molecule has 20 heavy (non-hydrogen) atoms. The van der Waals surface area contributed by atoms with Crippen LogP contribution in [0, 0.1) is 0 Å². The van der Waals surface area contributed by atoms with Gasteiger partial charge in [0, 0.05) is 0 Å². The highest BCUT2D eigenvalue weighted by molar-refractivity contribution is 7.11. The van der Waals surface area contributed by atoms with E-state index in [9.17, 15) is 0 Å². The maximum Gasteiger partial charge on any atom is 0.489 e. The van der Waals surface area contributed by atoms with Crippen LogP contribution in [0.3, 0.4) is 0 Å². The van der Waals surface area contributed by atoms with Crippen LogP contribution in [0.5, 0.6) is 0 Å². The summed E-state index contributed by atoms with van der Waals surface area (Å²) in [5, 5.41) is 0. The fourth-order valence-electron chi connectivity index (χ4n) is 2.33. The molecule has 2 aliphatic rings. The van der Waals surface area contributed by atoms with Gasteiger partial charge in [0.2, 0.25) is 0 Å². The van der Waals surface area contributed by atoms with Crippen molar-refractivity contribution in [1.29, 1.82) is 0 Å². The van der Waals surface area contributed by atoms with Crippen LogP contribution in [0.2, 0.25) is 0 Å². The molecule has 1 atom stereocenters. The molecule has 0 amide bonds. The van der Waals surface area contributed by atoms with Gasteiger partial charge in [-0.3, -0.25) is 0 Å². The van der Waals surface area contributed by atoms with Crippen molar-refractivity contribution < 1.29 is 18.6 Å². The topological polar surface area (TPSA) is 36.9 Å². The van der Waals surface area contributed by atoms with E-state index < -0.39 is 36.4 Å². The molecule has 0 spiro atoms. The van der Waals surface area contributed by atoms with Gasteiger partial charge in [-0.2, -0.15) is 0 Å². The van der Waals surface area contributed by atoms with Crippen molar-refractivity contribution in [3.63, 3.8) is 0 Å². The van der Waals surface area contributed by atoms with Crippen molar-refractivity contribution >= 4 is 14.0 Å². The van der Waals surface area contributed by atoms with Crippen LogP contribution >= 0.6 is 0 Å². The second-order valence-electron chi connectivity index (χ2n) is 7.19. The molecule has 0 aromatic rings. The predicted molar refractivity (Wildman–Crippen MR) is 80.2 cm³/mol. The zero-order valence-electron chi connectivity index (χ0n) is 13.6. The second kappa shape index (κ2) is 4.49. The van der Waals surface area contributed by atoms with E-state index in [1.807, 2.05) is 48.5 Å². The van der Waals surface area contributed by atoms with Gasteiger partial charge in [-0.25, -0.2) is 0 Å². The number of rotatable bonds is 2. The quantitative estimate of drug-likeness (QED) is 0.574. The fraction of sp³-hybridized carbons (Fsp3) is 0.786. The Morgan fingerprint density at radius 1 is 0.750 bits per heavy atom. The molecule has 6 heteroatoms. The predicted octanol–water partition coefficient (Wildman–Crippen LogP) is 2.57. The van der Waals surface area contributed by atoms with Gasteiger partial charge in [0.05, 0.1) is 16.8 Å². The van der Waals surface area contributed by atoms with Crippen LogP contribution < -0.4 is 0 Å². The summed E-state index contributed by atoms with van der Waals surface area (Å²) >= 11 is 0. The molecule has 2 heterocycles. The Morgan fingerprint density at radius 3 is 1.60 bits per heavy atom. The van der Waals surface area contributed by atoms with Crippen LogP contribution in [-0.4, -0.2) is 36.4 Å². The minimum absolute atomic E-state index is 0.401. The molecule has 2 rings (SSSR count). The first kappa shape index (κ1) is 15.9. The first-order valence-electron chi connectivity index (χ1n) is 7.02. The molecule has 0 radical (unpaired) electrons. The summed E-state index contributed by atoms with van der Waals surface area (Å²) in [7, 11) is -1.11. The second-order valence-corrected chi connectivity index (χ2v) is 7.19. The molecule has 0 aliphatic carbocycles. The van der Waals surface area contributed by atoms with E-state index in [-0.39, 0.29) is 0 Å². The van der Waals surface area contributed by atoms with Crippen molar-refractivity contribution in [2.75, 3.05) is 0 Å². The van der Waals surface area contributed by atoms with E-state index in [4.69, 9.17) is 18.6 Å². The highest BCUT2D eigenvalue weighted by atomic mass is 16.7. The molecule has 0 saturated carbocycles. The third-order valence-electron chi connectivity index (χ3n) is 4.84. The molecular weight excluding hydrogens is 254 g/mol. The largest absolute Gasteiger partial charge is 0.489 e. The van der Waals surface area contributed by atoms with Gasteiger partial charge in [-0.15, -0.1) is 5.73 Å². The Hall–Kier alpha value is -0.510. The first-order chi connectivity index (χ1) is 8.94.